The normalized spacial score (nSPS) is 16.7. The molecule has 192 valence electrons. The molecule has 1 amide bonds. The minimum atomic E-state index is -0.853. The number of anilines is 1. The highest BCUT2D eigenvalue weighted by Crippen LogP contribution is 2.43. The number of aliphatic hydroxyl groups is 1. The molecule has 1 fully saturated rings. The van der Waals surface area contributed by atoms with Crippen molar-refractivity contribution in [1.29, 1.82) is 0 Å². The van der Waals surface area contributed by atoms with Gasteiger partial charge in [0.1, 0.15) is 23.0 Å². The van der Waals surface area contributed by atoms with Gasteiger partial charge in [0.05, 0.1) is 32.4 Å². The van der Waals surface area contributed by atoms with E-state index in [4.69, 9.17) is 14.2 Å². The fraction of sp³-hybridized carbons (Fsp3) is 0.267. The molecule has 0 aromatic heterocycles. The molecule has 3 aromatic rings. The van der Waals surface area contributed by atoms with Crippen LogP contribution in [0, 0.1) is 13.8 Å². The minimum Gasteiger partial charge on any atom is -0.507 e. The van der Waals surface area contributed by atoms with Gasteiger partial charge in [-0.2, -0.15) is 0 Å². The Morgan fingerprint density at radius 1 is 0.919 bits per heavy atom. The number of ketones is 1. The number of hydrogen-bond donors (Lipinski definition) is 1. The Balaban J connectivity index is 1.92. The largest absolute Gasteiger partial charge is 0.507 e. The molecule has 1 N–H and O–H groups in total. The molecule has 1 heterocycles. The molecule has 4 rings (SSSR count). The van der Waals surface area contributed by atoms with Gasteiger partial charge in [0.2, 0.25) is 0 Å². The van der Waals surface area contributed by atoms with E-state index in [-0.39, 0.29) is 11.3 Å². The Hall–Kier alpha value is -4.26. The number of amides is 1. The Labute approximate surface area is 216 Å². The van der Waals surface area contributed by atoms with Crippen LogP contribution in [0.4, 0.5) is 5.69 Å². The number of nitrogens with zero attached hydrogens (tertiary/aromatic N) is 1. The van der Waals surface area contributed by atoms with E-state index in [9.17, 15) is 14.7 Å². The van der Waals surface area contributed by atoms with Crippen molar-refractivity contribution in [3.8, 4) is 17.2 Å². The van der Waals surface area contributed by atoms with Crippen LogP contribution in [0.2, 0.25) is 0 Å². The van der Waals surface area contributed by atoms with Crippen molar-refractivity contribution in [3.63, 3.8) is 0 Å². The summed E-state index contributed by atoms with van der Waals surface area (Å²) >= 11 is 0. The summed E-state index contributed by atoms with van der Waals surface area (Å²) in [6, 6.07) is 16.9. The molecule has 7 heteroatoms. The number of Topliss-reactive ketones (excluding diaryl/α,β-unsaturated/α-hetero) is 1. The number of carbonyl (C=O) groups excluding carboxylic acids is 2. The molecule has 0 saturated carbocycles. The first kappa shape index (κ1) is 25.8. The van der Waals surface area contributed by atoms with Gasteiger partial charge in [-0.15, -0.1) is 0 Å². The first-order chi connectivity index (χ1) is 17.8. The lowest BCUT2D eigenvalue weighted by atomic mass is 9.93. The number of aliphatic hydroxyl groups excluding tert-OH is 1. The standard InChI is InChI=1S/C30H31NO6/c1-6-14-37-22-12-10-20(11-13-22)27-26(28(32)24-15-19(3)25(36-5)16-18(24)2)29(33)30(34)31(27)21-8-7-9-23(17-21)35-4/h7-13,15-17,27,32H,6,14H2,1-5H3/b28-26+. The second-order valence-electron chi connectivity index (χ2n) is 8.92. The summed E-state index contributed by atoms with van der Waals surface area (Å²) in [7, 11) is 3.11. The van der Waals surface area contributed by atoms with Crippen LogP contribution in [-0.2, 0) is 9.59 Å². The highest BCUT2D eigenvalue weighted by atomic mass is 16.5. The van der Waals surface area contributed by atoms with E-state index < -0.39 is 17.7 Å². The quantitative estimate of drug-likeness (QED) is 0.241. The lowest BCUT2D eigenvalue weighted by molar-refractivity contribution is -0.132. The van der Waals surface area contributed by atoms with Gasteiger partial charge in [0, 0.05) is 17.3 Å². The van der Waals surface area contributed by atoms with Crippen molar-refractivity contribution in [1.82, 2.24) is 0 Å². The molecule has 1 atom stereocenters. The van der Waals surface area contributed by atoms with Gasteiger partial charge < -0.3 is 19.3 Å². The van der Waals surface area contributed by atoms with Crippen LogP contribution in [0.3, 0.4) is 0 Å². The Bertz CT molecular complexity index is 1360. The molecule has 1 aliphatic rings. The van der Waals surface area contributed by atoms with E-state index in [1.54, 1.807) is 55.6 Å². The van der Waals surface area contributed by atoms with E-state index in [1.165, 1.54) is 12.0 Å². The third-order valence-corrected chi connectivity index (χ3v) is 6.44. The van der Waals surface area contributed by atoms with E-state index in [2.05, 4.69) is 0 Å². The van der Waals surface area contributed by atoms with Gasteiger partial charge in [-0.3, -0.25) is 14.5 Å². The van der Waals surface area contributed by atoms with Crippen molar-refractivity contribution in [2.24, 2.45) is 0 Å². The zero-order valence-corrected chi connectivity index (χ0v) is 21.7. The predicted molar refractivity (Wildman–Crippen MR) is 142 cm³/mol. The summed E-state index contributed by atoms with van der Waals surface area (Å²) in [5.74, 6) is 0.181. The SMILES string of the molecule is CCCOc1ccc(C2/C(=C(\O)c3cc(C)c(OC)cc3C)C(=O)C(=O)N2c2cccc(OC)c2)cc1. The molecule has 1 unspecified atom stereocenters. The van der Waals surface area contributed by atoms with Crippen LogP contribution >= 0.6 is 0 Å². The predicted octanol–water partition coefficient (Wildman–Crippen LogP) is 5.74. The van der Waals surface area contributed by atoms with Gasteiger partial charge in [-0.1, -0.05) is 25.1 Å². The topological polar surface area (TPSA) is 85.3 Å². The second-order valence-corrected chi connectivity index (χ2v) is 8.92. The molecule has 1 saturated heterocycles. The first-order valence-corrected chi connectivity index (χ1v) is 12.1. The van der Waals surface area contributed by atoms with Crippen molar-refractivity contribution >= 4 is 23.1 Å². The van der Waals surface area contributed by atoms with Crippen LogP contribution in [0.1, 0.15) is 41.6 Å². The maximum Gasteiger partial charge on any atom is 0.300 e. The summed E-state index contributed by atoms with van der Waals surface area (Å²) in [5, 5.41) is 11.5. The van der Waals surface area contributed by atoms with Crippen molar-refractivity contribution in [2.75, 3.05) is 25.7 Å². The van der Waals surface area contributed by atoms with Crippen LogP contribution < -0.4 is 19.1 Å². The van der Waals surface area contributed by atoms with Crippen LogP contribution in [0.25, 0.3) is 5.76 Å². The van der Waals surface area contributed by atoms with E-state index in [0.717, 1.165) is 17.5 Å². The number of rotatable bonds is 8. The third-order valence-electron chi connectivity index (χ3n) is 6.44. The number of ether oxygens (including phenoxy) is 3. The number of carbonyl (C=O) groups is 2. The summed E-state index contributed by atoms with van der Waals surface area (Å²) in [5.41, 5.74) is 3.15. The second kappa shape index (κ2) is 10.8. The summed E-state index contributed by atoms with van der Waals surface area (Å²) in [6.07, 6.45) is 0.873. The molecular weight excluding hydrogens is 470 g/mol. The van der Waals surface area contributed by atoms with Gasteiger partial charge in [0.25, 0.3) is 11.7 Å². The van der Waals surface area contributed by atoms with Crippen LogP contribution in [0.15, 0.2) is 66.2 Å². The average molecular weight is 502 g/mol. The number of hydrogen-bond acceptors (Lipinski definition) is 6. The average Bonchev–Trinajstić information content (AvgIpc) is 3.18. The zero-order valence-electron chi connectivity index (χ0n) is 21.7. The molecular formula is C30H31NO6. The summed E-state index contributed by atoms with van der Waals surface area (Å²) in [6.45, 7) is 6.29. The van der Waals surface area contributed by atoms with Crippen molar-refractivity contribution < 1.29 is 28.9 Å². The molecule has 0 aliphatic carbocycles. The zero-order chi connectivity index (χ0) is 26.7. The van der Waals surface area contributed by atoms with Crippen LogP contribution in [-0.4, -0.2) is 37.6 Å². The van der Waals surface area contributed by atoms with E-state index >= 15 is 0 Å². The lowest BCUT2D eigenvalue weighted by Crippen LogP contribution is -2.29. The molecule has 0 spiro atoms. The summed E-state index contributed by atoms with van der Waals surface area (Å²) in [4.78, 5) is 28.3. The number of aryl methyl sites for hydroxylation is 2. The van der Waals surface area contributed by atoms with E-state index in [0.29, 0.717) is 40.7 Å². The Morgan fingerprint density at radius 3 is 2.30 bits per heavy atom. The monoisotopic (exact) mass is 501 g/mol. The fourth-order valence-electron chi connectivity index (χ4n) is 4.55. The maximum absolute atomic E-state index is 13.5. The Kier molecular flexibility index (Phi) is 7.53. The molecule has 1 aliphatic heterocycles. The van der Waals surface area contributed by atoms with Gasteiger partial charge >= 0.3 is 0 Å². The van der Waals surface area contributed by atoms with Gasteiger partial charge in [-0.25, -0.2) is 0 Å². The highest BCUT2D eigenvalue weighted by Gasteiger charge is 2.47. The maximum atomic E-state index is 13.5. The molecule has 0 bridgehead atoms. The molecule has 0 radical (unpaired) electrons. The van der Waals surface area contributed by atoms with Crippen molar-refractivity contribution in [3.05, 3.63) is 88.5 Å². The van der Waals surface area contributed by atoms with Crippen molar-refractivity contribution in [2.45, 2.75) is 33.2 Å². The molecule has 3 aromatic carbocycles. The Morgan fingerprint density at radius 2 is 1.65 bits per heavy atom. The smallest absolute Gasteiger partial charge is 0.300 e. The number of methoxy groups -OCH3 is 2. The highest BCUT2D eigenvalue weighted by molar-refractivity contribution is 6.51. The summed E-state index contributed by atoms with van der Waals surface area (Å²) < 4.78 is 16.5. The van der Waals surface area contributed by atoms with E-state index in [1.807, 2.05) is 32.9 Å². The third kappa shape index (κ3) is 4.89. The fourth-order valence-corrected chi connectivity index (χ4v) is 4.55. The van der Waals surface area contributed by atoms with Crippen LogP contribution in [0.5, 0.6) is 17.2 Å². The molecule has 37 heavy (non-hydrogen) atoms. The molecule has 7 nitrogen and oxygen atoms in total. The van der Waals surface area contributed by atoms with Gasteiger partial charge in [0.15, 0.2) is 0 Å². The first-order valence-electron chi connectivity index (χ1n) is 12.1. The van der Waals surface area contributed by atoms with Gasteiger partial charge in [-0.05, 0) is 73.4 Å². The minimum absolute atomic E-state index is 0.0164. The number of benzene rings is 3. The lowest BCUT2D eigenvalue weighted by Gasteiger charge is -2.26.